The van der Waals surface area contributed by atoms with Gasteiger partial charge in [0.1, 0.15) is 11.6 Å². The molecule has 174 valence electrons. The van der Waals surface area contributed by atoms with E-state index in [0.717, 1.165) is 6.42 Å². The average Bonchev–Trinajstić information content (AvgIpc) is 2.73. The van der Waals surface area contributed by atoms with E-state index in [2.05, 4.69) is 30.7 Å². The van der Waals surface area contributed by atoms with Crippen molar-refractivity contribution in [3.63, 3.8) is 0 Å². The van der Waals surface area contributed by atoms with Gasteiger partial charge in [-0.2, -0.15) is 4.98 Å². The first-order valence-corrected chi connectivity index (χ1v) is 10.3. The van der Waals surface area contributed by atoms with Crippen molar-refractivity contribution in [1.82, 2.24) is 9.97 Å². The summed E-state index contributed by atoms with van der Waals surface area (Å²) in [5.41, 5.74) is 2.21. The van der Waals surface area contributed by atoms with Crippen LogP contribution >= 0.6 is 0 Å². The van der Waals surface area contributed by atoms with Crippen molar-refractivity contribution in [3.05, 3.63) is 54.6 Å². The first kappa shape index (κ1) is 23.8. The Morgan fingerprint density at radius 1 is 1.06 bits per heavy atom. The smallest absolute Gasteiger partial charge is 0.406 e. The Kier molecular flexibility index (Phi) is 7.37. The predicted octanol–water partition coefficient (Wildman–Crippen LogP) is 5.95. The number of carbonyl (C=O) groups excluding carboxylic acids is 1. The molecule has 0 saturated carbocycles. The predicted molar refractivity (Wildman–Crippen MR) is 122 cm³/mol. The van der Waals surface area contributed by atoms with Crippen LogP contribution < -0.4 is 20.7 Å². The van der Waals surface area contributed by atoms with Crippen molar-refractivity contribution in [3.8, 4) is 17.0 Å². The van der Waals surface area contributed by atoms with Crippen LogP contribution in [0.5, 0.6) is 5.75 Å². The van der Waals surface area contributed by atoms with E-state index in [9.17, 15) is 18.0 Å². The van der Waals surface area contributed by atoms with Crippen LogP contribution in [0.3, 0.4) is 0 Å². The van der Waals surface area contributed by atoms with Gasteiger partial charge in [0.2, 0.25) is 11.9 Å². The van der Waals surface area contributed by atoms with Gasteiger partial charge in [0, 0.05) is 36.0 Å². The summed E-state index contributed by atoms with van der Waals surface area (Å²) in [5.74, 6) is 0.272. The van der Waals surface area contributed by atoms with Gasteiger partial charge in [-0.1, -0.05) is 19.1 Å². The zero-order valence-corrected chi connectivity index (χ0v) is 18.3. The molecule has 33 heavy (non-hydrogen) atoms. The highest BCUT2D eigenvalue weighted by atomic mass is 19.4. The number of aromatic nitrogens is 2. The highest BCUT2D eigenvalue weighted by molar-refractivity contribution is 5.88. The average molecular weight is 459 g/mol. The maximum absolute atomic E-state index is 12.6. The van der Waals surface area contributed by atoms with Crippen LogP contribution in [0.15, 0.2) is 54.6 Å². The minimum atomic E-state index is -4.79. The second-order valence-corrected chi connectivity index (χ2v) is 7.37. The Balaban J connectivity index is 1.93. The fraction of sp³-hybridized carbons (Fsp3) is 0.261. The maximum Gasteiger partial charge on any atom is 0.573 e. The Morgan fingerprint density at radius 2 is 1.76 bits per heavy atom. The quantitative estimate of drug-likeness (QED) is 0.386. The number of ether oxygens (including phenoxy) is 1. The van der Waals surface area contributed by atoms with Gasteiger partial charge in [0.15, 0.2) is 0 Å². The fourth-order valence-electron chi connectivity index (χ4n) is 2.89. The third kappa shape index (κ3) is 7.37. The van der Waals surface area contributed by atoms with E-state index in [-0.39, 0.29) is 17.7 Å². The number of carbonyl (C=O) groups is 1. The number of halogens is 3. The van der Waals surface area contributed by atoms with Gasteiger partial charge >= 0.3 is 6.36 Å². The van der Waals surface area contributed by atoms with E-state index in [1.54, 1.807) is 36.4 Å². The molecule has 3 N–H and O–H groups in total. The van der Waals surface area contributed by atoms with E-state index in [1.807, 2.05) is 13.8 Å². The summed E-state index contributed by atoms with van der Waals surface area (Å²) in [6, 6.07) is 14.4. The topological polar surface area (TPSA) is 88.2 Å². The minimum absolute atomic E-state index is 0.0879. The highest BCUT2D eigenvalue weighted by Gasteiger charge is 2.31. The van der Waals surface area contributed by atoms with E-state index in [0.29, 0.717) is 34.4 Å². The van der Waals surface area contributed by atoms with E-state index < -0.39 is 6.36 Å². The van der Waals surface area contributed by atoms with Crippen LogP contribution in [0.4, 0.5) is 36.3 Å². The number of nitrogens with zero attached hydrogens (tertiary/aromatic N) is 2. The fourth-order valence-corrected chi connectivity index (χ4v) is 2.89. The Labute approximate surface area is 189 Å². The first-order chi connectivity index (χ1) is 15.6. The molecular weight excluding hydrogens is 435 g/mol. The molecule has 0 aliphatic carbocycles. The molecule has 2 aromatic carbocycles. The second-order valence-electron chi connectivity index (χ2n) is 7.37. The molecule has 0 saturated heterocycles. The van der Waals surface area contributed by atoms with E-state index in [4.69, 9.17) is 0 Å². The number of alkyl halides is 3. The molecule has 0 fully saturated rings. The number of nitrogens with one attached hydrogen (secondary N) is 3. The lowest BCUT2D eigenvalue weighted by Crippen LogP contribution is -2.17. The van der Waals surface area contributed by atoms with E-state index in [1.165, 1.54) is 25.1 Å². The van der Waals surface area contributed by atoms with Gasteiger partial charge in [-0.25, -0.2) is 4.98 Å². The summed E-state index contributed by atoms with van der Waals surface area (Å²) in [4.78, 5) is 20.1. The number of benzene rings is 2. The minimum Gasteiger partial charge on any atom is -0.406 e. The van der Waals surface area contributed by atoms with Crippen LogP contribution in [0.25, 0.3) is 11.3 Å². The van der Waals surface area contributed by atoms with Crippen molar-refractivity contribution < 1.29 is 22.7 Å². The lowest BCUT2D eigenvalue weighted by Gasteiger charge is -2.15. The van der Waals surface area contributed by atoms with Crippen molar-refractivity contribution >= 4 is 29.0 Å². The first-order valence-electron chi connectivity index (χ1n) is 10.3. The van der Waals surface area contributed by atoms with Crippen LogP contribution in [0.1, 0.15) is 27.2 Å². The summed E-state index contributed by atoms with van der Waals surface area (Å²) in [6.07, 6.45) is -3.96. The van der Waals surface area contributed by atoms with Gasteiger partial charge < -0.3 is 20.7 Å². The summed E-state index contributed by atoms with van der Waals surface area (Å²) < 4.78 is 41.9. The van der Waals surface area contributed by atoms with Crippen LogP contribution in [0.2, 0.25) is 0 Å². The molecule has 0 spiro atoms. The number of rotatable bonds is 8. The van der Waals surface area contributed by atoms with Crippen molar-refractivity contribution in [2.75, 3.05) is 16.0 Å². The molecule has 1 amide bonds. The Morgan fingerprint density at radius 3 is 2.39 bits per heavy atom. The highest BCUT2D eigenvalue weighted by Crippen LogP contribution is 2.29. The molecular formula is C23H24F3N5O2. The molecule has 3 rings (SSSR count). The van der Waals surface area contributed by atoms with Crippen LogP contribution in [-0.2, 0) is 4.79 Å². The zero-order chi connectivity index (χ0) is 24.0. The van der Waals surface area contributed by atoms with Gasteiger partial charge in [0.25, 0.3) is 0 Å². The molecule has 0 radical (unpaired) electrons. The summed E-state index contributed by atoms with van der Waals surface area (Å²) in [6.45, 7) is 5.41. The Hall–Kier alpha value is -3.82. The van der Waals surface area contributed by atoms with Crippen molar-refractivity contribution in [2.45, 2.75) is 39.6 Å². The standard InChI is InChI=1S/C23H24F3N5O2/c1-4-14(2)27-22-30-20(16-6-5-7-19(12-16)33-23(24,25)26)13-21(31-22)29-18-10-8-17(9-11-18)28-15(3)32/h5-14H,4H2,1-3H3,(H,28,32)(H2,27,29,30,31)/t14-/m0/s1. The Bertz CT molecular complexity index is 1100. The van der Waals surface area contributed by atoms with E-state index >= 15 is 0 Å². The summed E-state index contributed by atoms with van der Waals surface area (Å²) in [7, 11) is 0. The monoisotopic (exact) mass is 459 g/mol. The molecule has 0 aliphatic rings. The molecule has 0 bridgehead atoms. The van der Waals surface area contributed by atoms with Gasteiger partial charge in [-0.15, -0.1) is 13.2 Å². The molecule has 7 nitrogen and oxygen atoms in total. The second kappa shape index (κ2) is 10.2. The number of hydrogen-bond acceptors (Lipinski definition) is 6. The third-order valence-corrected chi connectivity index (χ3v) is 4.56. The maximum atomic E-state index is 12.6. The zero-order valence-electron chi connectivity index (χ0n) is 18.3. The lowest BCUT2D eigenvalue weighted by molar-refractivity contribution is -0.274. The van der Waals surface area contributed by atoms with Crippen LogP contribution in [-0.4, -0.2) is 28.3 Å². The number of anilines is 4. The van der Waals surface area contributed by atoms with Gasteiger partial charge in [-0.05, 0) is 49.7 Å². The molecule has 3 aromatic rings. The molecule has 1 aromatic heterocycles. The summed E-state index contributed by atoms with van der Waals surface area (Å²) in [5, 5.41) is 9.05. The lowest BCUT2D eigenvalue weighted by atomic mass is 10.1. The van der Waals surface area contributed by atoms with Gasteiger partial charge in [-0.3, -0.25) is 4.79 Å². The number of hydrogen-bond donors (Lipinski definition) is 3. The normalized spacial score (nSPS) is 12.1. The van der Waals surface area contributed by atoms with Crippen molar-refractivity contribution in [2.24, 2.45) is 0 Å². The number of amides is 1. The third-order valence-electron chi connectivity index (χ3n) is 4.56. The largest absolute Gasteiger partial charge is 0.573 e. The van der Waals surface area contributed by atoms with Crippen molar-refractivity contribution in [1.29, 1.82) is 0 Å². The molecule has 1 heterocycles. The van der Waals surface area contributed by atoms with Gasteiger partial charge in [0.05, 0.1) is 5.69 Å². The molecule has 1 atom stereocenters. The molecule has 0 aliphatic heterocycles. The molecule has 10 heteroatoms. The SMILES string of the molecule is CC[C@H](C)Nc1nc(Nc2ccc(NC(C)=O)cc2)cc(-c2cccc(OC(F)(F)F)c2)n1. The van der Waals surface area contributed by atoms with Crippen LogP contribution in [0, 0.1) is 0 Å². The molecule has 0 unspecified atom stereocenters. The summed E-state index contributed by atoms with van der Waals surface area (Å²) >= 11 is 0.